The Morgan fingerprint density at radius 3 is 2.53 bits per heavy atom. The van der Waals surface area contributed by atoms with Crippen molar-refractivity contribution in [1.29, 1.82) is 0 Å². The van der Waals surface area contributed by atoms with Gasteiger partial charge in [0.05, 0.1) is 24.1 Å². The lowest BCUT2D eigenvalue weighted by molar-refractivity contribution is 0.0724. The van der Waals surface area contributed by atoms with E-state index in [4.69, 9.17) is 25.5 Å². The van der Waals surface area contributed by atoms with Gasteiger partial charge >= 0.3 is 0 Å². The molecule has 1 amide bonds. The molecule has 0 aliphatic carbocycles. The number of fused-ring (bicyclic) bond motifs is 2. The fourth-order valence-electron chi connectivity index (χ4n) is 4.96. The molecule has 0 saturated heterocycles. The summed E-state index contributed by atoms with van der Waals surface area (Å²) in [7, 11) is 1.58. The number of ether oxygens (including phenoxy) is 2. The topological polar surface area (TPSA) is 69.0 Å². The molecular formula is C31H30ClNO5. The lowest BCUT2D eigenvalue weighted by Crippen LogP contribution is -2.30. The number of carbonyl (C=O) groups is 1. The van der Waals surface area contributed by atoms with Crippen molar-refractivity contribution in [3.63, 3.8) is 0 Å². The van der Waals surface area contributed by atoms with Gasteiger partial charge in [-0.05, 0) is 54.3 Å². The van der Waals surface area contributed by atoms with Gasteiger partial charge in [-0.1, -0.05) is 67.8 Å². The van der Waals surface area contributed by atoms with E-state index in [2.05, 4.69) is 6.92 Å². The summed E-state index contributed by atoms with van der Waals surface area (Å²) in [5.41, 5.74) is 3.01. The Balaban J connectivity index is 1.59. The first-order valence-corrected chi connectivity index (χ1v) is 13.2. The van der Waals surface area contributed by atoms with Crippen molar-refractivity contribution in [3.05, 3.63) is 104 Å². The van der Waals surface area contributed by atoms with Gasteiger partial charge in [0.2, 0.25) is 5.76 Å². The summed E-state index contributed by atoms with van der Waals surface area (Å²) >= 11 is 6.35. The van der Waals surface area contributed by atoms with Crippen LogP contribution in [0, 0.1) is 6.92 Å². The molecular weight excluding hydrogens is 502 g/mol. The van der Waals surface area contributed by atoms with E-state index in [1.165, 1.54) is 0 Å². The minimum Gasteiger partial charge on any atom is -0.493 e. The molecule has 0 N–H and O–H groups in total. The molecule has 1 aliphatic rings. The largest absolute Gasteiger partial charge is 0.493 e. The number of halogens is 1. The first kappa shape index (κ1) is 25.9. The Hall–Kier alpha value is -3.77. The molecule has 196 valence electrons. The van der Waals surface area contributed by atoms with Crippen molar-refractivity contribution < 1.29 is 18.7 Å². The monoisotopic (exact) mass is 531 g/mol. The van der Waals surface area contributed by atoms with Gasteiger partial charge in [0.1, 0.15) is 12.2 Å². The number of hydrogen-bond acceptors (Lipinski definition) is 5. The molecule has 1 aromatic heterocycles. The predicted octanol–water partition coefficient (Wildman–Crippen LogP) is 7.08. The maximum Gasteiger partial charge on any atom is 0.290 e. The number of nitrogens with zero attached hydrogens (tertiary/aromatic N) is 1. The fraction of sp³-hybridized carbons (Fsp3) is 0.290. The molecule has 38 heavy (non-hydrogen) atoms. The minimum atomic E-state index is -0.604. The van der Waals surface area contributed by atoms with E-state index < -0.39 is 6.04 Å². The van der Waals surface area contributed by atoms with Crippen LogP contribution in [0.15, 0.2) is 69.9 Å². The smallest absolute Gasteiger partial charge is 0.290 e. The quantitative estimate of drug-likeness (QED) is 0.216. The molecule has 0 radical (unpaired) electrons. The average Bonchev–Trinajstić information content (AvgIpc) is 3.21. The van der Waals surface area contributed by atoms with Crippen LogP contribution >= 0.6 is 11.6 Å². The predicted molar refractivity (Wildman–Crippen MR) is 148 cm³/mol. The number of aryl methyl sites for hydroxylation is 1. The Kier molecular flexibility index (Phi) is 7.43. The summed E-state index contributed by atoms with van der Waals surface area (Å²) in [6.07, 6.45) is 2.81. The molecule has 0 fully saturated rings. The zero-order chi connectivity index (χ0) is 26.8. The number of rotatable bonds is 9. The number of unbranched alkanes of at least 4 members (excludes halogenated alkanes) is 2. The third-order valence-electron chi connectivity index (χ3n) is 6.99. The van der Waals surface area contributed by atoms with Crippen molar-refractivity contribution in [2.75, 3.05) is 13.7 Å². The SMILES string of the molecule is CCCCCN1C(=O)c2oc3cc(C)c(Cl)cc3c(=O)c2C1c1ccc(OCc2ccccc2)c(OC)c1. The molecule has 6 nitrogen and oxygen atoms in total. The van der Waals surface area contributed by atoms with Gasteiger partial charge in [-0.15, -0.1) is 0 Å². The molecule has 0 bridgehead atoms. The van der Waals surface area contributed by atoms with Crippen LogP contribution in [0.25, 0.3) is 11.0 Å². The van der Waals surface area contributed by atoms with Crippen molar-refractivity contribution in [2.45, 2.75) is 45.8 Å². The van der Waals surface area contributed by atoms with Crippen LogP contribution in [0.2, 0.25) is 5.02 Å². The number of methoxy groups -OCH3 is 1. The van der Waals surface area contributed by atoms with Crippen molar-refractivity contribution in [2.24, 2.45) is 0 Å². The van der Waals surface area contributed by atoms with Crippen molar-refractivity contribution in [1.82, 2.24) is 4.90 Å². The molecule has 7 heteroatoms. The summed E-state index contributed by atoms with van der Waals surface area (Å²) in [5, 5.41) is 0.842. The van der Waals surface area contributed by atoms with Gasteiger partial charge in [-0.2, -0.15) is 0 Å². The first-order valence-electron chi connectivity index (χ1n) is 12.9. The number of carbonyl (C=O) groups excluding carboxylic acids is 1. The van der Waals surface area contributed by atoms with E-state index in [0.717, 1.165) is 36.0 Å². The zero-order valence-electron chi connectivity index (χ0n) is 21.8. The molecule has 3 aromatic carbocycles. The maximum absolute atomic E-state index is 13.8. The Labute approximate surface area is 226 Å². The molecule has 0 saturated carbocycles. The summed E-state index contributed by atoms with van der Waals surface area (Å²) in [6, 6.07) is 18.2. The number of benzene rings is 3. The Morgan fingerprint density at radius 1 is 1.00 bits per heavy atom. The standard InChI is InChI=1S/C31H30ClNO5/c1-4-5-9-14-33-28(21-12-13-24(26(16-21)36-3)37-18-20-10-7-6-8-11-20)27-29(34)22-17-23(32)19(2)15-25(22)38-30(27)31(33)35/h6-8,10-13,15-17,28H,4-5,9,14,18H2,1-3H3. The second-order valence-corrected chi connectivity index (χ2v) is 9.97. The van der Waals surface area contributed by atoms with Gasteiger partial charge in [0.15, 0.2) is 16.9 Å². The molecule has 1 aliphatic heterocycles. The van der Waals surface area contributed by atoms with Crippen LogP contribution in [0.3, 0.4) is 0 Å². The van der Waals surface area contributed by atoms with Crippen LogP contribution in [0.4, 0.5) is 0 Å². The van der Waals surface area contributed by atoms with Gasteiger partial charge in [-0.3, -0.25) is 9.59 Å². The normalized spacial score (nSPS) is 14.7. The molecule has 0 spiro atoms. The van der Waals surface area contributed by atoms with Crippen LogP contribution < -0.4 is 14.9 Å². The van der Waals surface area contributed by atoms with Gasteiger partial charge in [0, 0.05) is 11.6 Å². The molecule has 5 rings (SSSR count). The third-order valence-corrected chi connectivity index (χ3v) is 7.40. The van der Waals surface area contributed by atoms with Crippen molar-refractivity contribution >= 4 is 28.5 Å². The van der Waals surface area contributed by atoms with E-state index >= 15 is 0 Å². The third kappa shape index (κ3) is 4.76. The maximum atomic E-state index is 13.8. The second-order valence-electron chi connectivity index (χ2n) is 9.56. The molecule has 4 aromatic rings. The van der Waals surface area contributed by atoms with Gasteiger partial charge in [0.25, 0.3) is 5.91 Å². The molecule has 1 atom stereocenters. The lowest BCUT2D eigenvalue weighted by atomic mass is 9.97. The first-order chi connectivity index (χ1) is 18.4. The Morgan fingerprint density at radius 2 is 1.79 bits per heavy atom. The number of amides is 1. The Bertz CT molecular complexity index is 1550. The summed E-state index contributed by atoms with van der Waals surface area (Å²) in [4.78, 5) is 29.2. The van der Waals surface area contributed by atoms with Crippen LogP contribution in [-0.4, -0.2) is 24.5 Å². The highest BCUT2D eigenvalue weighted by atomic mass is 35.5. The highest BCUT2D eigenvalue weighted by Crippen LogP contribution is 2.41. The fourth-order valence-corrected chi connectivity index (χ4v) is 5.12. The van der Waals surface area contributed by atoms with E-state index in [-0.39, 0.29) is 17.1 Å². The lowest BCUT2D eigenvalue weighted by Gasteiger charge is -2.26. The minimum absolute atomic E-state index is 0.0918. The van der Waals surface area contributed by atoms with Crippen molar-refractivity contribution in [3.8, 4) is 11.5 Å². The van der Waals surface area contributed by atoms with Gasteiger partial charge < -0.3 is 18.8 Å². The highest BCUT2D eigenvalue weighted by molar-refractivity contribution is 6.32. The molecule has 2 heterocycles. The van der Waals surface area contributed by atoms with Gasteiger partial charge in [-0.25, -0.2) is 0 Å². The van der Waals surface area contributed by atoms with Crippen LogP contribution in [-0.2, 0) is 6.61 Å². The van der Waals surface area contributed by atoms with Crippen LogP contribution in [0.1, 0.15) is 65.0 Å². The van der Waals surface area contributed by atoms with E-state index in [9.17, 15) is 9.59 Å². The van der Waals surface area contributed by atoms with E-state index in [1.54, 1.807) is 24.1 Å². The summed E-state index contributed by atoms with van der Waals surface area (Å²) in [6.45, 7) is 4.84. The summed E-state index contributed by atoms with van der Waals surface area (Å²) in [5.74, 6) is 0.914. The molecule has 1 unspecified atom stereocenters. The number of hydrogen-bond donors (Lipinski definition) is 0. The second kappa shape index (κ2) is 10.9. The zero-order valence-corrected chi connectivity index (χ0v) is 22.5. The van der Waals surface area contributed by atoms with E-state index in [1.807, 2.05) is 55.5 Å². The van der Waals surface area contributed by atoms with Crippen LogP contribution in [0.5, 0.6) is 11.5 Å². The average molecular weight is 532 g/mol. The van der Waals surface area contributed by atoms with E-state index in [0.29, 0.717) is 46.2 Å². The highest BCUT2D eigenvalue weighted by Gasteiger charge is 2.42. The summed E-state index contributed by atoms with van der Waals surface area (Å²) < 4.78 is 17.8.